The van der Waals surface area contributed by atoms with E-state index in [-0.39, 0.29) is 12.1 Å². The van der Waals surface area contributed by atoms with Crippen molar-refractivity contribution in [3.8, 4) is 22.6 Å². The number of hydrogen-bond acceptors (Lipinski definition) is 4. The van der Waals surface area contributed by atoms with E-state index in [9.17, 15) is 0 Å². The van der Waals surface area contributed by atoms with Gasteiger partial charge in [-0.25, -0.2) is 0 Å². The van der Waals surface area contributed by atoms with E-state index in [2.05, 4.69) is 252 Å². The van der Waals surface area contributed by atoms with E-state index in [0.29, 0.717) is 0 Å². The molecule has 0 bridgehead atoms. The molecule has 330 valence electrons. The third-order valence-corrected chi connectivity index (χ3v) is 14.6. The number of benzene rings is 9. The zero-order valence-corrected chi connectivity index (χ0v) is 40.1. The molecule has 5 heteroatoms. The number of ether oxygens (including phenoxy) is 1. The Morgan fingerprint density at radius 3 is 1.50 bits per heavy atom. The first-order valence-electron chi connectivity index (χ1n) is 23.9. The van der Waals surface area contributed by atoms with Gasteiger partial charge in [0.2, 0.25) is 0 Å². The molecule has 2 aliphatic heterocycles. The minimum absolute atomic E-state index is 0.139. The second kappa shape index (κ2) is 15.7. The second-order valence-electron chi connectivity index (χ2n) is 19.9. The summed E-state index contributed by atoms with van der Waals surface area (Å²) < 4.78 is 7.90. The predicted octanol–water partition coefficient (Wildman–Crippen LogP) is 15.2. The number of rotatable bonds is 7. The van der Waals surface area contributed by atoms with Crippen LogP contribution in [-0.4, -0.2) is 6.71 Å². The molecule has 1 aliphatic carbocycles. The predicted molar refractivity (Wildman–Crippen MR) is 288 cm³/mol. The lowest BCUT2D eigenvalue weighted by molar-refractivity contribution is 0.486. The number of anilines is 9. The first-order chi connectivity index (χ1) is 32.9. The van der Waals surface area contributed by atoms with Gasteiger partial charge in [0, 0.05) is 51.3 Å². The molecule has 9 aromatic rings. The third-order valence-electron chi connectivity index (χ3n) is 14.6. The molecule has 4 nitrogen and oxygen atoms in total. The number of nitrogens with zero attached hydrogens (tertiary/aromatic N) is 3. The molecule has 0 atom stereocenters. The highest BCUT2D eigenvalue weighted by molar-refractivity contribution is 6.99. The smallest absolute Gasteiger partial charge is 0.256 e. The van der Waals surface area contributed by atoms with E-state index >= 15 is 0 Å². The Kier molecular flexibility index (Phi) is 9.60. The summed E-state index contributed by atoms with van der Waals surface area (Å²) in [4.78, 5) is 7.33. The first kappa shape index (κ1) is 41.7. The van der Waals surface area contributed by atoms with Crippen LogP contribution in [0.3, 0.4) is 0 Å². The molecular weight excluding hydrogens is 826 g/mol. The maximum Gasteiger partial charge on any atom is 0.256 e. The van der Waals surface area contributed by atoms with Crippen molar-refractivity contribution in [1.29, 1.82) is 0 Å². The SMILES string of the molecule is Cc1ccc(N(c2ccc(C)cc2)c2cc3c4c(c2)N(c2ccc(C)cc2)c2ccc(C)cc2B4c2cc4c(c(N(c5ccc(C)cc5)c5ccc(C)cc5)c2O3)C(C)(C)c2ccccc2-4)cc1. The summed E-state index contributed by atoms with van der Waals surface area (Å²) in [6.45, 7) is 17.7. The van der Waals surface area contributed by atoms with E-state index in [0.717, 1.165) is 57.0 Å². The zero-order chi connectivity index (χ0) is 46.6. The highest BCUT2D eigenvalue weighted by Crippen LogP contribution is 2.58. The standard InChI is InChI=1S/C63H54BN3O/c1-39-13-24-45(25-14-39)65(46-26-15-40(2)16-27-46)50-36-57-60-58(37-50)68-62-55(64(60)54-35-44(6)23-34-56(54)67(57)49-32-21-43(5)22-33-49)38-52-51-11-9-10-12-53(51)63(7,8)59(52)61(62)66(47-28-17-41(3)18-29-47)48-30-19-42(4)20-31-48/h9-38H,1-8H3. The Labute approximate surface area is 401 Å². The lowest BCUT2D eigenvalue weighted by Gasteiger charge is -2.43. The Hall–Kier alpha value is -7.76. The van der Waals surface area contributed by atoms with Crippen molar-refractivity contribution in [3.05, 3.63) is 226 Å². The van der Waals surface area contributed by atoms with Gasteiger partial charge in [-0.3, -0.25) is 0 Å². The van der Waals surface area contributed by atoms with E-state index in [4.69, 9.17) is 4.74 Å². The summed E-state index contributed by atoms with van der Waals surface area (Å²) in [5.41, 5.74) is 25.5. The largest absolute Gasteiger partial charge is 0.456 e. The van der Waals surface area contributed by atoms with Gasteiger partial charge < -0.3 is 19.4 Å². The number of fused-ring (bicyclic) bond motifs is 7. The van der Waals surface area contributed by atoms with Crippen LogP contribution in [0.5, 0.6) is 11.5 Å². The topological polar surface area (TPSA) is 19.0 Å². The van der Waals surface area contributed by atoms with Gasteiger partial charge in [0.25, 0.3) is 6.71 Å². The molecule has 12 rings (SSSR count). The Morgan fingerprint density at radius 2 is 0.941 bits per heavy atom. The maximum absolute atomic E-state index is 7.90. The molecule has 0 unspecified atom stereocenters. The number of aryl methyl sites for hydroxylation is 6. The van der Waals surface area contributed by atoms with E-state index < -0.39 is 0 Å². The lowest BCUT2D eigenvalue weighted by Crippen LogP contribution is -2.60. The van der Waals surface area contributed by atoms with Crippen molar-refractivity contribution >= 4 is 74.3 Å². The average molecular weight is 880 g/mol. The fraction of sp³-hybridized carbons (Fsp3) is 0.143. The molecule has 0 fully saturated rings. The summed E-state index contributed by atoms with van der Waals surface area (Å²) in [5, 5.41) is 0. The van der Waals surface area contributed by atoms with Gasteiger partial charge in [-0.05, 0) is 153 Å². The van der Waals surface area contributed by atoms with Crippen LogP contribution in [0.1, 0.15) is 58.4 Å². The zero-order valence-electron chi connectivity index (χ0n) is 40.1. The molecule has 0 N–H and O–H groups in total. The van der Waals surface area contributed by atoms with Crippen LogP contribution in [0.2, 0.25) is 0 Å². The number of hydrogen-bond donors (Lipinski definition) is 0. The van der Waals surface area contributed by atoms with Crippen LogP contribution in [0.15, 0.2) is 182 Å². The highest BCUT2D eigenvalue weighted by atomic mass is 16.5. The van der Waals surface area contributed by atoms with Crippen LogP contribution in [0, 0.1) is 41.5 Å². The van der Waals surface area contributed by atoms with Gasteiger partial charge in [0.15, 0.2) is 0 Å². The molecule has 0 saturated heterocycles. The Balaban J connectivity index is 1.22. The van der Waals surface area contributed by atoms with E-state index in [1.54, 1.807) is 0 Å². The summed E-state index contributed by atoms with van der Waals surface area (Å²) in [6.07, 6.45) is 0. The van der Waals surface area contributed by atoms with Crippen molar-refractivity contribution in [2.24, 2.45) is 0 Å². The first-order valence-corrected chi connectivity index (χ1v) is 23.9. The molecule has 2 heterocycles. The molecular formula is C63H54BN3O. The molecule has 0 amide bonds. The van der Waals surface area contributed by atoms with Gasteiger partial charge in [0.1, 0.15) is 11.5 Å². The van der Waals surface area contributed by atoms with E-state index in [1.807, 2.05) is 0 Å². The van der Waals surface area contributed by atoms with Crippen LogP contribution < -0.4 is 35.8 Å². The third kappa shape index (κ3) is 6.59. The fourth-order valence-electron chi connectivity index (χ4n) is 11.2. The monoisotopic (exact) mass is 879 g/mol. The normalized spacial score (nSPS) is 13.5. The Morgan fingerprint density at radius 1 is 0.441 bits per heavy atom. The van der Waals surface area contributed by atoms with Crippen molar-refractivity contribution in [2.45, 2.75) is 60.8 Å². The summed E-state index contributed by atoms with van der Waals surface area (Å²) in [5.74, 6) is 1.74. The Bertz CT molecular complexity index is 3360. The van der Waals surface area contributed by atoms with Gasteiger partial charge in [0.05, 0.1) is 11.4 Å². The average Bonchev–Trinajstić information content (AvgIpc) is 3.57. The van der Waals surface area contributed by atoms with Crippen molar-refractivity contribution in [2.75, 3.05) is 14.7 Å². The van der Waals surface area contributed by atoms with Crippen LogP contribution in [0.4, 0.5) is 51.2 Å². The molecule has 0 radical (unpaired) electrons. The minimum Gasteiger partial charge on any atom is -0.456 e. The molecule has 9 aromatic carbocycles. The second-order valence-corrected chi connectivity index (χ2v) is 19.9. The quantitative estimate of drug-likeness (QED) is 0.148. The van der Waals surface area contributed by atoms with Crippen molar-refractivity contribution in [1.82, 2.24) is 0 Å². The molecule has 3 aliphatic rings. The van der Waals surface area contributed by atoms with Gasteiger partial charge in [-0.15, -0.1) is 0 Å². The van der Waals surface area contributed by atoms with Crippen LogP contribution >= 0.6 is 0 Å². The molecule has 0 spiro atoms. The highest BCUT2D eigenvalue weighted by Gasteiger charge is 2.48. The van der Waals surface area contributed by atoms with Crippen LogP contribution in [0.25, 0.3) is 11.1 Å². The van der Waals surface area contributed by atoms with Gasteiger partial charge in [-0.2, -0.15) is 0 Å². The summed E-state index contributed by atoms with van der Waals surface area (Å²) in [7, 11) is 0. The lowest BCUT2D eigenvalue weighted by atomic mass is 9.34. The van der Waals surface area contributed by atoms with Gasteiger partial charge >= 0.3 is 0 Å². The van der Waals surface area contributed by atoms with Crippen LogP contribution in [-0.2, 0) is 5.41 Å². The molecule has 0 saturated carbocycles. The molecule has 0 aromatic heterocycles. The minimum atomic E-state index is -0.350. The van der Waals surface area contributed by atoms with Gasteiger partial charge in [-0.1, -0.05) is 150 Å². The van der Waals surface area contributed by atoms with E-state index in [1.165, 1.54) is 77.7 Å². The molecule has 68 heavy (non-hydrogen) atoms. The summed E-state index contributed by atoms with van der Waals surface area (Å²) >= 11 is 0. The van der Waals surface area contributed by atoms with Crippen molar-refractivity contribution < 1.29 is 4.74 Å². The van der Waals surface area contributed by atoms with Crippen molar-refractivity contribution in [3.63, 3.8) is 0 Å². The maximum atomic E-state index is 7.90. The fourth-order valence-corrected chi connectivity index (χ4v) is 11.2. The summed E-state index contributed by atoms with van der Waals surface area (Å²) in [6, 6.07) is 68.0.